The van der Waals surface area contributed by atoms with Gasteiger partial charge in [0.1, 0.15) is 5.70 Å². The van der Waals surface area contributed by atoms with E-state index in [1.165, 1.54) is 0 Å². The molecule has 0 saturated heterocycles. The molecule has 1 amide bonds. The number of fused-ring (bicyclic) bond motifs is 2. The molecule has 0 fully saturated rings. The Morgan fingerprint density at radius 1 is 1.33 bits per heavy atom. The molecule has 1 atom stereocenters. The lowest BCUT2D eigenvalue weighted by Crippen LogP contribution is -2.50. The molecule has 0 spiro atoms. The topological polar surface area (TPSA) is 70.0 Å². The molecule has 6 nitrogen and oxygen atoms in total. The Morgan fingerprint density at radius 2 is 2.22 bits per heavy atom. The van der Waals surface area contributed by atoms with Gasteiger partial charge in [0.05, 0.1) is 5.36 Å². The highest BCUT2D eigenvalue weighted by Crippen LogP contribution is 2.30. The highest BCUT2D eigenvalue weighted by molar-refractivity contribution is 9.10. The zero-order valence-electron chi connectivity index (χ0n) is 14.7. The molecule has 138 valence electrons. The molecule has 0 aliphatic carbocycles. The molecule has 0 bridgehead atoms. The molecule has 4 rings (SSSR count). The number of halogens is 1. The van der Waals surface area contributed by atoms with Gasteiger partial charge in [0.15, 0.2) is 11.3 Å². The maximum Gasteiger partial charge on any atom is 0.276 e. The fraction of sp³-hybridized carbons (Fsp3) is 0.263. The first kappa shape index (κ1) is 18.2. The van der Waals surface area contributed by atoms with E-state index >= 15 is 0 Å². The van der Waals surface area contributed by atoms with E-state index < -0.39 is 6.17 Å². The van der Waals surface area contributed by atoms with Gasteiger partial charge in [0.25, 0.3) is 5.91 Å². The Balaban J connectivity index is 1.86. The summed E-state index contributed by atoms with van der Waals surface area (Å²) in [6, 6.07) is 9.57. The second kappa shape index (κ2) is 7.82. The van der Waals surface area contributed by atoms with Gasteiger partial charge in [0, 0.05) is 33.4 Å². The summed E-state index contributed by atoms with van der Waals surface area (Å²) in [7, 11) is 0. The first-order valence-corrected chi connectivity index (χ1v) is 10.5. The largest absolute Gasteiger partial charge is 0.298 e. The van der Waals surface area contributed by atoms with Crippen LogP contribution in [0.1, 0.15) is 31.5 Å². The second-order valence-corrected chi connectivity index (χ2v) is 8.20. The van der Waals surface area contributed by atoms with E-state index in [1.807, 2.05) is 30.3 Å². The van der Waals surface area contributed by atoms with E-state index in [2.05, 4.69) is 33.2 Å². The molecule has 1 unspecified atom stereocenters. The van der Waals surface area contributed by atoms with Crippen molar-refractivity contribution >= 4 is 44.5 Å². The standard InChI is InChI=1S/C19H18BrN5OS/c1-2-3-9-27-19-23-18(26)16-14-10-13(20)6-7-15(14)22-17(25(16)24-19)12-5-4-8-21-11-12/h4-8,10-11,17H,2-3,9H2,1H3,(H,23,24,26). The summed E-state index contributed by atoms with van der Waals surface area (Å²) >= 11 is 5.05. The van der Waals surface area contributed by atoms with Gasteiger partial charge in [-0.3, -0.25) is 20.1 Å². The lowest BCUT2D eigenvalue weighted by atomic mass is 10.1. The molecule has 1 aromatic heterocycles. The summed E-state index contributed by atoms with van der Waals surface area (Å²) in [6.07, 6.45) is 5.24. The third kappa shape index (κ3) is 3.64. The fourth-order valence-electron chi connectivity index (χ4n) is 2.98. The second-order valence-electron chi connectivity index (χ2n) is 6.21. The summed E-state index contributed by atoms with van der Waals surface area (Å²) in [4.78, 5) is 22.0. The number of amidine groups is 1. The van der Waals surface area contributed by atoms with Crippen LogP contribution >= 0.6 is 27.7 Å². The van der Waals surface area contributed by atoms with Crippen LogP contribution in [0.2, 0.25) is 0 Å². The molecule has 1 aromatic carbocycles. The van der Waals surface area contributed by atoms with Gasteiger partial charge >= 0.3 is 0 Å². The van der Waals surface area contributed by atoms with Crippen molar-refractivity contribution in [2.75, 3.05) is 5.75 Å². The van der Waals surface area contributed by atoms with Gasteiger partial charge in [-0.2, -0.15) is 0 Å². The number of hydrogen-bond acceptors (Lipinski definition) is 6. The molecule has 3 heterocycles. The summed E-state index contributed by atoms with van der Waals surface area (Å²) in [5.41, 5.74) is 1.40. The van der Waals surface area contributed by atoms with Gasteiger partial charge in [-0.15, -0.1) is 5.10 Å². The van der Waals surface area contributed by atoms with Crippen LogP contribution in [0.4, 0.5) is 0 Å². The first-order chi connectivity index (χ1) is 13.2. The predicted octanol–water partition coefficient (Wildman–Crippen LogP) is 2.52. The van der Waals surface area contributed by atoms with Crippen LogP contribution in [0.15, 0.2) is 57.3 Å². The van der Waals surface area contributed by atoms with E-state index in [9.17, 15) is 4.79 Å². The molecule has 2 aromatic rings. The number of amides is 1. The van der Waals surface area contributed by atoms with Crippen molar-refractivity contribution in [3.8, 4) is 0 Å². The number of thioether (sulfide) groups is 1. The molecule has 27 heavy (non-hydrogen) atoms. The van der Waals surface area contributed by atoms with Crippen LogP contribution < -0.4 is 15.9 Å². The van der Waals surface area contributed by atoms with Crippen molar-refractivity contribution in [2.24, 2.45) is 10.1 Å². The third-order valence-electron chi connectivity index (χ3n) is 4.29. The van der Waals surface area contributed by atoms with Gasteiger partial charge in [-0.05, 0) is 30.7 Å². The number of hydrazone groups is 1. The Kier molecular flexibility index (Phi) is 5.27. The predicted molar refractivity (Wildman–Crippen MR) is 110 cm³/mol. The third-order valence-corrected chi connectivity index (χ3v) is 5.73. The van der Waals surface area contributed by atoms with Gasteiger partial charge in [0.2, 0.25) is 0 Å². The maximum absolute atomic E-state index is 13.0. The summed E-state index contributed by atoms with van der Waals surface area (Å²) in [6.45, 7) is 2.14. The van der Waals surface area contributed by atoms with Crippen LogP contribution in [-0.2, 0) is 4.79 Å². The van der Waals surface area contributed by atoms with Crippen molar-refractivity contribution in [3.05, 3.63) is 63.3 Å². The highest BCUT2D eigenvalue weighted by Gasteiger charge is 2.34. The van der Waals surface area contributed by atoms with E-state index in [1.54, 1.807) is 29.2 Å². The first-order valence-electron chi connectivity index (χ1n) is 8.77. The number of nitrogens with zero attached hydrogens (tertiary/aromatic N) is 4. The highest BCUT2D eigenvalue weighted by atomic mass is 79.9. The average Bonchev–Trinajstić information content (AvgIpc) is 2.68. The van der Waals surface area contributed by atoms with Gasteiger partial charge < -0.3 is 0 Å². The number of carbonyl (C=O) groups is 1. The quantitative estimate of drug-likeness (QED) is 0.736. The molecular formula is C19H18BrN5OS. The molecule has 2 aliphatic rings. The number of pyridine rings is 1. The minimum absolute atomic E-state index is 0.160. The van der Waals surface area contributed by atoms with Crippen LogP contribution in [-0.4, -0.2) is 26.8 Å². The van der Waals surface area contributed by atoms with Crippen LogP contribution in [0.5, 0.6) is 0 Å². The zero-order chi connectivity index (χ0) is 18.8. The lowest BCUT2D eigenvalue weighted by molar-refractivity contribution is -0.116. The van der Waals surface area contributed by atoms with Crippen molar-refractivity contribution in [1.82, 2.24) is 15.3 Å². The van der Waals surface area contributed by atoms with Crippen molar-refractivity contribution < 1.29 is 4.79 Å². The summed E-state index contributed by atoms with van der Waals surface area (Å²) < 4.78 is 0.892. The van der Waals surface area contributed by atoms with Crippen molar-refractivity contribution in [3.63, 3.8) is 0 Å². The smallest absolute Gasteiger partial charge is 0.276 e. The minimum atomic E-state index is -0.421. The average molecular weight is 444 g/mol. The fourth-order valence-corrected chi connectivity index (χ4v) is 4.27. The van der Waals surface area contributed by atoms with Crippen molar-refractivity contribution in [1.29, 1.82) is 0 Å². The SMILES string of the molecule is CCCCSC1=NN2C(=c3cc(Br)ccc3=NC2c2cccnc2)C(=O)N1. The minimum Gasteiger partial charge on any atom is -0.298 e. The van der Waals surface area contributed by atoms with E-state index in [-0.39, 0.29) is 5.91 Å². The summed E-state index contributed by atoms with van der Waals surface area (Å²) in [5, 5.41) is 11.5. The Morgan fingerprint density at radius 3 is 3.00 bits per heavy atom. The number of hydrogen-bond donors (Lipinski definition) is 1. The van der Waals surface area contributed by atoms with Gasteiger partial charge in [-0.1, -0.05) is 47.1 Å². The number of benzene rings is 1. The Labute approximate surface area is 169 Å². The number of carbonyl (C=O) groups excluding carboxylic acids is 1. The number of nitrogens with one attached hydrogen (secondary N) is 1. The normalized spacial score (nSPS) is 18.2. The Bertz CT molecular complexity index is 1020. The summed E-state index contributed by atoms with van der Waals surface area (Å²) in [5.74, 6) is 0.752. The number of rotatable bonds is 4. The maximum atomic E-state index is 13.0. The molecule has 1 N–H and O–H groups in total. The monoisotopic (exact) mass is 443 g/mol. The van der Waals surface area contributed by atoms with Gasteiger partial charge in [-0.25, -0.2) is 5.01 Å². The molecule has 8 heteroatoms. The molecular weight excluding hydrogens is 426 g/mol. The van der Waals surface area contributed by atoms with E-state index in [0.717, 1.165) is 39.2 Å². The Hall–Kier alpha value is -2.19. The lowest BCUT2D eigenvalue weighted by Gasteiger charge is -2.33. The molecule has 0 saturated carbocycles. The molecule has 2 aliphatic heterocycles. The van der Waals surface area contributed by atoms with E-state index in [0.29, 0.717) is 10.9 Å². The zero-order valence-corrected chi connectivity index (χ0v) is 17.1. The number of aromatic nitrogens is 1. The van der Waals surface area contributed by atoms with Crippen LogP contribution in [0.25, 0.3) is 5.70 Å². The number of unbranched alkanes of at least 4 members (excludes halogenated alkanes) is 1. The van der Waals surface area contributed by atoms with Crippen LogP contribution in [0, 0.1) is 0 Å². The van der Waals surface area contributed by atoms with E-state index in [4.69, 9.17) is 10.1 Å². The van der Waals surface area contributed by atoms with Crippen molar-refractivity contribution in [2.45, 2.75) is 25.9 Å². The molecule has 0 radical (unpaired) electrons. The van der Waals surface area contributed by atoms with Crippen LogP contribution in [0.3, 0.4) is 0 Å².